The summed E-state index contributed by atoms with van der Waals surface area (Å²) in [6, 6.07) is 4.17. The van der Waals surface area contributed by atoms with Gasteiger partial charge in [0.15, 0.2) is 0 Å². The second-order valence-corrected chi connectivity index (χ2v) is 5.66. The minimum Gasteiger partial charge on any atom is -0.219 e. The highest BCUT2D eigenvalue weighted by Crippen LogP contribution is 2.43. The zero-order chi connectivity index (χ0) is 14.3. The number of benzene rings is 1. The molecule has 0 fully saturated rings. The smallest absolute Gasteiger partial charge is 0.219 e. The number of thiocarbonyl (C=S) groups is 1. The van der Waals surface area contributed by atoms with E-state index in [2.05, 4.69) is 4.40 Å². The quantitative estimate of drug-likeness (QED) is 0.500. The van der Waals surface area contributed by atoms with E-state index in [9.17, 15) is 13.2 Å². The van der Waals surface area contributed by atoms with Crippen LogP contribution in [0.15, 0.2) is 45.2 Å². The van der Waals surface area contributed by atoms with Crippen LogP contribution in [0.5, 0.6) is 0 Å². The molecular weight excluding hydrogens is 303 g/mol. The van der Waals surface area contributed by atoms with Crippen LogP contribution >= 0.6 is 24.2 Å². The Balaban J connectivity index is 2.29. The molecule has 2 aliphatic rings. The fraction of sp³-hybridized carbons (Fsp3) is 0.143. The topological polar surface area (TPSA) is 12.4 Å². The summed E-state index contributed by atoms with van der Waals surface area (Å²) >= 11 is 6.16. The first kappa shape index (κ1) is 13.6. The van der Waals surface area contributed by atoms with Crippen LogP contribution in [-0.4, -0.2) is 11.1 Å². The Morgan fingerprint density at radius 2 is 2.05 bits per heavy atom. The van der Waals surface area contributed by atoms with Gasteiger partial charge in [-0.3, -0.25) is 0 Å². The van der Waals surface area contributed by atoms with Crippen molar-refractivity contribution in [2.45, 2.75) is 17.5 Å². The van der Waals surface area contributed by atoms with Gasteiger partial charge < -0.3 is 0 Å². The second-order valence-electron chi connectivity index (χ2n) is 4.37. The maximum absolute atomic E-state index is 13.1. The highest BCUT2D eigenvalue weighted by atomic mass is 32.2. The number of hydrogen-bond acceptors (Lipinski definition) is 3. The van der Waals surface area contributed by atoms with Crippen LogP contribution in [-0.2, 0) is 6.18 Å². The average Bonchev–Trinajstić information content (AvgIpc) is 2.57. The van der Waals surface area contributed by atoms with Crippen molar-refractivity contribution >= 4 is 40.8 Å². The Hall–Kier alpha value is -1.40. The van der Waals surface area contributed by atoms with E-state index in [1.165, 1.54) is 6.07 Å². The molecule has 0 N–H and O–H groups in total. The molecule has 0 bridgehead atoms. The summed E-state index contributed by atoms with van der Waals surface area (Å²) in [6.07, 6.45) is 1.50. The van der Waals surface area contributed by atoms with Crippen LogP contribution < -0.4 is 0 Å². The zero-order valence-electron chi connectivity index (χ0n) is 10.1. The third kappa shape index (κ3) is 2.23. The monoisotopic (exact) mass is 311 g/mol. The molecule has 0 saturated heterocycles. The summed E-state index contributed by atoms with van der Waals surface area (Å²) in [4.78, 5) is 0.774. The summed E-state index contributed by atoms with van der Waals surface area (Å²) in [5, 5.41) is 0. The Morgan fingerprint density at radius 1 is 1.25 bits per heavy atom. The summed E-state index contributed by atoms with van der Waals surface area (Å²) in [7, 11) is 0. The van der Waals surface area contributed by atoms with E-state index in [-0.39, 0.29) is 4.90 Å². The number of nitrogens with zero attached hydrogens (tertiary/aromatic N) is 1. The molecule has 1 aliphatic carbocycles. The average molecular weight is 311 g/mol. The summed E-state index contributed by atoms with van der Waals surface area (Å²) in [6.45, 7) is 0. The van der Waals surface area contributed by atoms with E-state index in [4.69, 9.17) is 12.2 Å². The molecule has 102 valence electrons. The van der Waals surface area contributed by atoms with Crippen LogP contribution in [0.25, 0.3) is 5.57 Å². The predicted molar refractivity (Wildman–Crippen MR) is 79.1 cm³/mol. The Kier molecular flexibility index (Phi) is 3.30. The molecule has 3 rings (SSSR count). The van der Waals surface area contributed by atoms with Crippen molar-refractivity contribution in [2.75, 3.05) is 0 Å². The van der Waals surface area contributed by atoms with Crippen LogP contribution in [0.1, 0.15) is 17.5 Å². The van der Waals surface area contributed by atoms with E-state index < -0.39 is 11.7 Å². The first-order chi connectivity index (χ1) is 9.48. The molecule has 0 aromatic heterocycles. The lowest BCUT2D eigenvalue weighted by atomic mass is 9.91. The molecule has 1 nitrogen and oxygen atoms in total. The number of alkyl halides is 3. The Morgan fingerprint density at radius 3 is 2.80 bits per heavy atom. The van der Waals surface area contributed by atoms with Gasteiger partial charge in [-0.2, -0.15) is 13.2 Å². The number of fused-ring (bicyclic) bond motifs is 2. The van der Waals surface area contributed by atoms with Crippen LogP contribution in [0.2, 0.25) is 0 Å². The third-order valence-corrected chi connectivity index (χ3v) is 4.30. The molecule has 0 atom stereocenters. The van der Waals surface area contributed by atoms with Gasteiger partial charge in [0.2, 0.25) is 0 Å². The van der Waals surface area contributed by atoms with Crippen molar-refractivity contribution in [1.29, 1.82) is 0 Å². The van der Waals surface area contributed by atoms with E-state index >= 15 is 0 Å². The minimum absolute atomic E-state index is 0.124. The molecular formula is C14H8F3NS2. The SMILES string of the molecule is FC(F)(F)c1cccc2c1SN=CC1=C2C(=S)CC=C1. The summed E-state index contributed by atoms with van der Waals surface area (Å²) < 4.78 is 43.3. The van der Waals surface area contributed by atoms with Gasteiger partial charge in [-0.05, 0) is 11.6 Å². The summed E-state index contributed by atoms with van der Waals surface area (Å²) in [5.74, 6) is 0. The maximum atomic E-state index is 13.1. The Labute approximate surface area is 123 Å². The molecule has 0 spiro atoms. The summed E-state index contributed by atoms with van der Waals surface area (Å²) in [5.41, 5.74) is 1.32. The van der Waals surface area contributed by atoms with Crippen molar-refractivity contribution in [1.82, 2.24) is 0 Å². The molecule has 20 heavy (non-hydrogen) atoms. The number of halogens is 3. The normalized spacial score (nSPS) is 17.9. The van der Waals surface area contributed by atoms with E-state index in [1.54, 1.807) is 12.3 Å². The molecule has 1 aliphatic heterocycles. The van der Waals surface area contributed by atoms with Crippen LogP contribution in [0, 0.1) is 0 Å². The standard InChI is InChI=1S/C14H8F3NS2/c15-14(16,17)10-5-2-4-9-12-8(3-1-6-11(12)19)7-18-20-13(9)10/h1-5,7H,6H2. The van der Waals surface area contributed by atoms with Crippen molar-refractivity contribution in [3.63, 3.8) is 0 Å². The fourth-order valence-corrected chi connectivity index (χ4v) is 3.39. The Bertz CT molecular complexity index is 684. The molecule has 0 amide bonds. The van der Waals surface area contributed by atoms with Crippen molar-refractivity contribution < 1.29 is 13.2 Å². The zero-order valence-corrected chi connectivity index (χ0v) is 11.7. The van der Waals surface area contributed by atoms with Crippen LogP contribution in [0.4, 0.5) is 13.2 Å². The lowest BCUT2D eigenvalue weighted by molar-refractivity contribution is -0.139. The molecule has 1 aromatic rings. The molecule has 0 unspecified atom stereocenters. The van der Waals surface area contributed by atoms with Gasteiger partial charge in [-0.25, -0.2) is 4.40 Å². The van der Waals surface area contributed by atoms with E-state index in [1.807, 2.05) is 12.2 Å². The first-order valence-corrected chi connectivity index (χ1v) is 7.01. The fourth-order valence-electron chi connectivity index (χ4n) is 2.24. The third-order valence-electron chi connectivity index (χ3n) is 3.09. The van der Waals surface area contributed by atoms with Gasteiger partial charge in [0.1, 0.15) is 0 Å². The highest BCUT2D eigenvalue weighted by Gasteiger charge is 2.36. The number of allylic oxidation sites excluding steroid dienone is 4. The number of rotatable bonds is 0. The highest BCUT2D eigenvalue weighted by molar-refractivity contribution is 7.98. The predicted octanol–water partition coefficient (Wildman–Crippen LogP) is 4.88. The molecule has 1 heterocycles. The molecule has 1 aromatic carbocycles. The van der Waals surface area contributed by atoms with Gasteiger partial charge in [-0.15, -0.1) is 0 Å². The second kappa shape index (κ2) is 4.86. The van der Waals surface area contributed by atoms with Crippen LogP contribution in [0.3, 0.4) is 0 Å². The lowest BCUT2D eigenvalue weighted by Gasteiger charge is -2.18. The van der Waals surface area contributed by atoms with Gasteiger partial charge >= 0.3 is 6.18 Å². The minimum atomic E-state index is -4.40. The molecule has 0 radical (unpaired) electrons. The van der Waals surface area contributed by atoms with E-state index in [0.29, 0.717) is 22.4 Å². The van der Waals surface area contributed by atoms with Gasteiger partial charge in [0, 0.05) is 40.6 Å². The van der Waals surface area contributed by atoms with Gasteiger partial charge in [0.25, 0.3) is 0 Å². The van der Waals surface area contributed by atoms with Gasteiger partial charge in [-0.1, -0.05) is 36.5 Å². The molecule has 0 saturated carbocycles. The number of hydrogen-bond donors (Lipinski definition) is 0. The lowest BCUT2D eigenvalue weighted by Crippen LogP contribution is -2.10. The van der Waals surface area contributed by atoms with Crippen molar-refractivity contribution in [3.05, 3.63) is 47.1 Å². The largest absolute Gasteiger partial charge is 0.417 e. The van der Waals surface area contributed by atoms with Gasteiger partial charge in [0.05, 0.1) is 10.5 Å². The van der Waals surface area contributed by atoms with Crippen molar-refractivity contribution in [2.24, 2.45) is 4.40 Å². The van der Waals surface area contributed by atoms with E-state index in [0.717, 1.165) is 23.6 Å². The van der Waals surface area contributed by atoms with Crippen molar-refractivity contribution in [3.8, 4) is 0 Å². The first-order valence-electron chi connectivity index (χ1n) is 5.83. The molecule has 6 heteroatoms. The maximum Gasteiger partial charge on any atom is 0.417 e.